The molecule has 2 saturated carbocycles. The Kier molecular flexibility index (Phi) is 3.51. The summed E-state index contributed by atoms with van der Waals surface area (Å²) in [6.07, 6.45) is 4.45. The summed E-state index contributed by atoms with van der Waals surface area (Å²) in [5, 5.41) is 3.76. The van der Waals surface area contributed by atoms with Crippen molar-refractivity contribution in [1.29, 1.82) is 0 Å². The molecule has 1 heterocycles. The standard InChI is InChI=1S/C17H27NS/c1-5-18-16(13-9-11-8-12(11)10-13)14-6-7-15(19-14)17(2,3)4/h6-7,11-13,16,18H,5,8-10H2,1-4H3. The van der Waals surface area contributed by atoms with E-state index in [2.05, 4.69) is 45.1 Å². The quantitative estimate of drug-likeness (QED) is 0.838. The van der Waals surface area contributed by atoms with Gasteiger partial charge < -0.3 is 5.32 Å². The Morgan fingerprint density at radius 1 is 1.21 bits per heavy atom. The molecule has 0 amide bonds. The Hall–Kier alpha value is -0.340. The van der Waals surface area contributed by atoms with Crippen LogP contribution in [0.5, 0.6) is 0 Å². The van der Waals surface area contributed by atoms with Gasteiger partial charge >= 0.3 is 0 Å². The third-order valence-electron chi connectivity index (χ3n) is 4.85. The summed E-state index contributed by atoms with van der Waals surface area (Å²) in [7, 11) is 0. The minimum atomic E-state index is 0.289. The molecular weight excluding hydrogens is 250 g/mol. The number of hydrogen-bond acceptors (Lipinski definition) is 2. The van der Waals surface area contributed by atoms with Crippen LogP contribution in [-0.4, -0.2) is 6.54 Å². The zero-order chi connectivity index (χ0) is 13.6. The zero-order valence-electron chi connectivity index (χ0n) is 12.7. The van der Waals surface area contributed by atoms with Gasteiger partial charge in [0.15, 0.2) is 0 Å². The normalized spacial score (nSPS) is 31.3. The second kappa shape index (κ2) is 4.89. The summed E-state index contributed by atoms with van der Waals surface area (Å²) in [6, 6.07) is 5.33. The molecule has 0 radical (unpaired) electrons. The maximum absolute atomic E-state index is 3.76. The fraction of sp³-hybridized carbons (Fsp3) is 0.765. The smallest absolute Gasteiger partial charge is 0.0443 e. The van der Waals surface area contributed by atoms with E-state index in [-0.39, 0.29) is 5.41 Å². The number of rotatable bonds is 4. The van der Waals surface area contributed by atoms with Crippen molar-refractivity contribution >= 4 is 11.3 Å². The average Bonchev–Trinajstić information content (AvgIpc) is 2.82. The van der Waals surface area contributed by atoms with Gasteiger partial charge in [-0.15, -0.1) is 11.3 Å². The molecule has 1 N–H and O–H groups in total. The molecule has 0 aromatic carbocycles. The molecule has 1 aromatic rings. The minimum absolute atomic E-state index is 0.289. The Morgan fingerprint density at radius 2 is 1.89 bits per heavy atom. The van der Waals surface area contributed by atoms with Crippen LogP contribution in [-0.2, 0) is 5.41 Å². The summed E-state index contributed by atoms with van der Waals surface area (Å²) >= 11 is 2.03. The van der Waals surface area contributed by atoms with Crippen LogP contribution in [0, 0.1) is 17.8 Å². The molecule has 3 rings (SSSR count). The van der Waals surface area contributed by atoms with E-state index in [1.165, 1.54) is 24.1 Å². The van der Waals surface area contributed by atoms with E-state index >= 15 is 0 Å². The monoisotopic (exact) mass is 277 g/mol. The Balaban J connectivity index is 1.77. The summed E-state index contributed by atoms with van der Waals surface area (Å²) < 4.78 is 0. The van der Waals surface area contributed by atoms with Gasteiger partial charge in [0, 0.05) is 15.8 Å². The highest BCUT2D eigenvalue weighted by Gasteiger charge is 2.48. The van der Waals surface area contributed by atoms with E-state index in [9.17, 15) is 0 Å². The van der Waals surface area contributed by atoms with Gasteiger partial charge in [-0.05, 0) is 61.1 Å². The largest absolute Gasteiger partial charge is 0.309 e. The first-order valence-electron chi connectivity index (χ1n) is 7.82. The molecule has 2 aliphatic carbocycles. The van der Waals surface area contributed by atoms with Gasteiger partial charge in [-0.3, -0.25) is 0 Å². The van der Waals surface area contributed by atoms with Crippen molar-refractivity contribution < 1.29 is 0 Å². The van der Waals surface area contributed by atoms with Crippen molar-refractivity contribution in [1.82, 2.24) is 5.32 Å². The lowest BCUT2D eigenvalue weighted by atomic mass is 9.92. The predicted octanol–water partition coefficient (Wildman–Crippen LogP) is 4.74. The van der Waals surface area contributed by atoms with E-state index in [0.29, 0.717) is 6.04 Å². The van der Waals surface area contributed by atoms with Gasteiger partial charge in [-0.2, -0.15) is 0 Å². The van der Waals surface area contributed by atoms with Crippen molar-refractivity contribution in [3.8, 4) is 0 Å². The fourth-order valence-electron chi connectivity index (χ4n) is 3.68. The van der Waals surface area contributed by atoms with Crippen molar-refractivity contribution in [3.63, 3.8) is 0 Å². The van der Waals surface area contributed by atoms with Crippen LogP contribution in [0.25, 0.3) is 0 Å². The minimum Gasteiger partial charge on any atom is -0.309 e. The molecule has 0 aliphatic heterocycles. The fourth-order valence-corrected chi connectivity index (χ4v) is 4.91. The third-order valence-corrected chi connectivity index (χ3v) is 6.44. The SMILES string of the molecule is CCNC(c1ccc(C(C)(C)C)s1)C1CC2CC2C1. The lowest BCUT2D eigenvalue weighted by molar-refractivity contribution is 0.351. The van der Waals surface area contributed by atoms with Gasteiger partial charge in [-0.1, -0.05) is 27.7 Å². The van der Waals surface area contributed by atoms with Gasteiger partial charge in [0.1, 0.15) is 0 Å². The van der Waals surface area contributed by atoms with Gasteiger partial charge in [-0.25, -0.2) is 0 Å². The number of hydrogen-bond donors (Lipinski definition) is 1. The topological polar surface area (TPSA) is 12.0 Å². The van der Waals surface area contributed by atoms with Crippen molar-refractivity contribution in [2.24, 2.45) is 17.8 Å². The molecular formula is C17H27NS. The van der Waals surface area contributed by atoms with Crippen LogP contribution in [0.1, 0.15) is 62.8 Å². The molecule has 0 saturated heterocycles. The second-order valence-electron chi connectivity index (χ2n) is 7.47. The van der Waals surface area contributed by atoms with Gasteiger partial charge in [0.05, 0.1) is 0 Å². The molecule has 2 heteroatoms. The number of thiophene rings is 1. The lowest BCUT2D eigenvalue weighted by Gasteiger charge is -2.25. The summed E-state index contributed by atoms with van der Waals surface area (Å²) in [6.45, 7) is 10.3. The first-order chi connectivity index (χ1) is 8.99. The molecule has 19 heavy (non-hydrogen) atoms. The van der Waals surface area contributed by atoms with E-state index < -0.39 is 0 Å². The number of nitrogens with one attached hydrogen (secondary N) is 1. The van der Waals surface area contributed by atoms with Crippen LogP contribution < -0.4 is 5.32 Å². The molecule has 0 spiro atoms. The molecule has 3 atom stereocenters. The maximum Gasteiger partial charge on any atom is 0.0443 e. The first kappa shape index (κ1) is 13.6. The maximum atomic E-state index is 3.76. The van der Waals surface area contributed by atoms with Crippen LogP contribution in [0.4, 0.5) is 0 Å². The van der Waals surface area contributed by atoms with Gasteiger partial charge in [0.25, 0.3) is 0 Å². The van der Waals surface area contributed by atoms with Crippen molar-refractivity contribution in [2.75, 3.05) is 6.54 Å². The summed E-state index contributed by atoms with van der Waals surface area (Å²) in [5.41, 5.74) is 0.289. The summed E-state index contributed by atoms with van der Waals surface area (Å²) in [4.78, 5) is 3.09. The first-order valence-corrected chi connectivity index (χ1v) is 8.64. The van der Waals surface area contributed by atoms with Crippen LogP contribution in [0.2, 0.25) is 0 Å². The highest BCUT2D eigenvalue weighted by Crippen LogP contribution is 2.57. The molecule has 2 aliphatic rings. The molecule has 2 fully saturated rings. The van der Waals surface area contributed by atoms with Crippen LogP contribution in [0.3, 0.4) is 0 Å². The second-order valence-corrected chi connectivity index (χ2v) is 8.59. The Morgan fingerprint density at radius 3 is 2.42 bits per heavy atom. The molecule has 0 bridgehead atoms. The zero-order valence-corrected chi connectivity index (χ0v) is 13.5. The highest BCUT2D eigenvalue weighted by molar-refractivity contribution is 7.12. The van der Waals surface area contributed by atoms with Crippen molar-refractivity contribution in [2.45, 2.75) is 58.4 Å². The van der Waals surface area contributed by atoms with E-state index in [1.807, 2.05) is 11.3 Å². The van der Waals surface area contributed by atoms with Gasteiger partial charge in [0.2, 0.25) is 0 Å². The van der Waals surface area contributed by atoms with E-state index in [1.54, 1.807) is 4.88 Å². The van der Waals surface area contributed by atoms with Crippen molar-refractivity contribution in [3.05, 3.63) is 21.9 Å². The predicted molar refractivity (Wildman–Crippen MR) is 83.8 cm³/mol. The highest BCUT2D eigenvalue weighted by atomic mass is 32.1. The number of fused-ring (bicyclic) bond motifs is 1. The molecule has 3 unspecified atom stereocenters. The third kappa shape index (κ3) is 2.75. The lowest BCUT2D eigenvalue weighted by Crippen LogP contribution is -2.27. The molecule has 106 valence electrons. The van der Waals surface area contributed by atoms with E-state index in [0.717, 1.165) is 24.3 Å². The van der Waals surface area contributed by atoms with E-state index in [4.69, 9.17) is 0 Å². The molecule has 1 nitrogen and oxygen atoms in total. The molecule has 1 aromatic heterocycles. The Labute approximate surface area is 121 Å². The van der Waals surface area contributed by atoms with Crippen LogP contribution in [0.15, 0.2) is 12.1 Å². The Bertz CT molecular complexity index is 432. The average molecular weight is 277 g/mol. The summed E-state index contributed by atoms with van der Waals surface area (Å²) in [5.74, 6) is 3.04. The van der Waals surface area contributed by atoms with Crippen LogP contribution >= 0.6 is 11.3 Å².